The van der Waals surface area contributed by atoms with E-state index in [4.69, 9.17) is 4.52 Å². The molecule has 7 nitrogen and oxygen atoms in total. The highest BCUT2D eigenvalue weighted by molar-refractivity contribution is 5.63. The minimum atomic E-state index is -0.186. The zero-order valence-corrected chi connectivity index (χ0v) is 13.7. The molecule has 0 radical (unpaired) electrons. The van der Waals surface area contributed by atoms with E-state index < -0.39 is 0 Å². The summed E-state index contributed by atoms with van der Waals surface area (Å²) < 4.78 is 6.98. The lowest BCUT2D eigenvalue weighted by Crippen LogP contribution is -2.15. The largest absolute Gasteiger partial charge is 0.334 e. The fraction of sp³-hybridized carbons (Fsp3) is 0.111. The average molecular weight is 333 g/mol. The van der Waals surface area contributed by atoms with Crippen molar-refractivity contribution < 1.29 is 4.52 Å². The summed E-state index contributed by atoms with van der Waals surface area (Å²) in [5, 5.41) is 4.06. The predicted molar refractivity (Wildman–Crippen MR) is 92.4 cm³/mol. The quantitative estimate of drug-likeness (QED) is 0.622. The number of aryl methyl sites for hydroxylation is 2. The van der Waals surface area contributed by atoms with Gasteiger partial charge in [-0.25, -0.2) is 4.79 Å². The Morgan fingerprint density at radius 3 is 2.80 bits per heavy atom. The van der Waals surface area contributed by atoms with Gasteiger partial charge in [0.1, 0.15) is 0 Å². The molecule has 0 unspecified atom stereocenters. The van der Waals surface area contributed by atoms with E-state index in [0.29, 0.717) is 11.7 Å². The van der Waals surface area contributed by atoms with E-state index in [1.54, 1.807) is 17.0 Å². The first-order valence-electron chi connectivity index (χ1n) is 7.77. The fourth-order valence-corrected chi connectivity index (χ4v) is 2.72. The summed E-state index contributed by atoms with van der Waals surface area (Å²) in [7, 11) is 0. The lowest BCUT2D eigenvalue weighted by molar-refractivity contribution is 0.432. The maximum absolute atomic E-state index is 12.0. The number of nitrogens with zero attached hydrogens (tertiary/aromatic N) is 4. The molecule has 0 spiro atoms. The minimum Gasteiger partial charge on any atom is -0.334 e. The first-order valence-corrected chi connectivity index (χ1v) is 7.77. The molecule has 0 bridgehead atoms. The van der Waals surface area contributed by atoms with Crippen molar-refractivity contribution >= 4 is 0 Å². The van der Waals surface area contributed by atoms with Crippen LogP contribution in [0.4, 0.5) is 0 Å². The highest BCUT2D eigenvalue weighted by atomic mass is 16.5. The third kappa shape index (κ3) is 2.65. The summed E-state index contributed by atoms with van der Waals surface area (Å²) >= 11 is 0. The average Bonchev–Trinajstić information content (AvgIpc) is 3.23. The van der Waals surface area contributed by atoms with Crippen molar-refractivity contribution in [3.05, 3.63) is 70.7 Å². The molecule has 0 aliphatic heterocycles. The van der Waals surface area contributed by atoms with Crippen LogP contribution in [0.25, 0.3) is 28.5 Å². The summed E-state index contributed by atoms with van der Waals surface area (Å²) in [4.78, 5) is 23.3. The molecule has 4 aromatic rings. The predicted octanol–water partition coefficient (Wildman–Crippen LogP) is 2.89. The van der Waals surface area contributed by atoms with Crippen LogP contribution in [0.1, 0.15) is 11.4 Å². The van der Waals surface area contributed by atoms with E-state index in [2.05, 4.69) is 20.1 Å². The van der Waals surface area contributed by atoms with Crippen molar-refractivity contribution in [2.75, 3.05) is 0 Å². The van der Waals surface area contributed by atoms with Crippen molar-refractivity contribution in [1.82, 2.24) is 24.7 Å². The molecule has 0 amide bonds. The van der Waals surface area contributed by atoms with Gasteiger partial charge in [-0.05, 0) is 38.1 Å². The zero-order valence-electron chi connectivity index (χ0n) is 13.7. The molecule has 3 heterocycles. The molecule has 124 valence electrons. The van der Waals surface area contributed by atoms with Gasteiger partial charge in [-0.1, -0.05) is 17.3 Å². The van der Waals surface area contributed by atoms with Gasteiger partial charge in [-0.3, -0.25) is 9.55 Å². The lowest BCUT2D eigenvalue weighted by Gasteiger charge is -2.05. The molecule has 1 N–H and O–H groups in total. The van der Waals surface area contributed by atoms with Gasteiger partial charge >= 0.3 is 5.69 Å². The van der Waals surface area contributed by atoms with Crippen molar-refractivity contribution in [2.24, 2.45) is 0 Å². The van der Waals surface area contributed by atoms with Crippen LogP contribution in [0.5, 0.6) is 0 Å². The van der Waals surface area contributed by atoms with E-state index in [9.17, 15) is 4.79 Å². The summed E-state index contributed by atoms with van der Waals surface area (Å²) in [6, 6.07) is 11.2. The first-order chi connectivity index (χ1) is 12.1. The van der Waals surface area contributed by atoms with Gasteiger partial charge in [0, 0.05) is 29.3 Å². The minimum absolute atomic E-state index is 0.186. The van der Waals surface area contributed by atoms with Gasteiger partial charge in [-0.2, -0.15) is 4.98 Å². The number of H-pyrrole nitrogens is 1. The first kappa shape index (κ1) is 15.1. The number of aromatic nitrogens is 5. The van der Waals surface area contributed by atoms with Crippen LogP contribution in [-0.4, -0.2) is 24.7 Å². The summed E-state index contributed by atoms with van der Waals surface area (Å²) in [6.45, 7) is 3.75. The molecule has 0 fully saturated rings. The maximum atomic E-state index is 12.0. The van der Waals surface area contributed by atoms with E-state index in [1.807, 2.05) is 50.2 Å². The van der Waals surface area contributed by atoms with Crippen LogP contribution in [0.2, 0.25) is 0 Å². The molecule has 4 rings (SSSR count). The fourth-order valence-electron chi connectivity index (χ4n) is 2.72. The van der Waals surface area contributed by atoms with Crippen LogP contribution in [-0.2, 0) is 0 Å². The Kier molecular flexibility index (Phi) is 3.53. The number of hydrogen-bond acceptors (Lipinski definition) is 5. The van der Waals surface area contributed by atoms with Crippen LogP contribution < -0.4 is 5.69 Å². The van der Waals surface area contributed by atoms with Crippen molar-refractivity contribution in [3.8, 4) is 28.5 Å². The molecule has 1 aromatic carbocycles. The second kappa shape index (κ2) is 5.86. The summed E-state index contributed by atoms with van der Waals surface area (Å²) in [5.74, 6) is 0.877. The number of benzene rings is 1. The lowest BCUT2D eigenvalue weighted by atomic mass is 10.2. The van der Waals surface area contributed by atoms with Gasteiger partial charge in [0.25, 0.3) is 5.89 Å². The molecule has 3 aromatic heterocycles. The number of imidazole rings is 1. The molecular weight excluding hydrogens is 318 g/mol. The Morgan fingerprint density at radius 2 is 2.04 bits per heavy atom. The molecule has 0 atom stereocenters. The third-order valence-electron chi connectivity index (χ3n) is 3.99. The number of nitrogens with one attached hydrogen (secondary N) is 1. The molecule has 0 saturated heterocycles. The Labute approximate surface area is 143 Å². The molecular formula is C18H15N5O2. The second-order valence-corrected chi connectivity index (χ2v) is 5.68. The Balaban J connectivity index is 1.76. The summed E-state index contributed by atoms with van der Waals surface area (Å²) in [5.41, 5.74) is 3.76. The Morgan fingerprint density at radius 1 is 1.16 bits per heavy atom. The molecule has 7 heteroatoms. The van der Waals surface area contributed by atoms with Crippen LogP contribution in [0.15, 0.2) is 58.1 Å². The smallest absolute Gasteiger partial charge is 0.330 e. The topological polar surface area (TPSA) is 89.6 Å². The van der Waals surface area contributed by atoms with Crippen LogP contribution in [0.3, 0.4) is 0 Å². The van der Waals surface area contributed by atoms with E-state index in [1.165, 1.54) is 0 Å². The van der Waals surface area contributed by atoms with Gasteiger partial charge < -0.3 is 9.51 Å². The van der Waals surface area contributed by atoms with Gasteiger partial charge in [0.2, 0.25) is 5.82 Å². The van der Waals surface area contributed by atoms with Gasteiger partial charge in [0.15, 0.2) is 0 Å². The Bertz CT molecular complexity index is 1110. The highest BCUT2D eigenvalue weighted by Crippen LogP contribution is 2.24. The number of hydrogen-bond donors (Lipinski definition) is 1. The molecule has 0 aliphatic carbocycles. The van der Waals surface area contributed by atoms with Crippen LogP contribution >= 0.6 is 0 Å². The van der Waals surface area contributed by atoms with Crippen LogP contribution in [0, 0.1) is 13.8 Å². The van der Waals surface area contributed by atoms with Gasteiger partial charge in [-0.15, -0.1) is 0 Å². The van der Waals surface area contributed by atoms with E-state index >= 15 is 0 Å². The number of aromatic amines is 1. The number of rotatable bonds is 3. The normalized spacial score (nSPS) is 11.0. The second-order valence-electron chi connectivity index (χ2n) is 5.68. The van der Waals surface area contributed by atoms with Crippen molar-refractivity contribution in [2.45, 2.75) is 13.8 Å². The Hall–Kier alpha value is -3.48. The number of pyridine rings is 1. The molecule has 25 heavy (non-hydrogen) atoms. The van der Waals surface area contributed by atoms with E-state index in [0.717, 1.165) is 28.2 Å². The molecule has 0 aliphatic rings. The SMILES string of the molecule is Cc1ncccc1-c1nc(-c2cccc(-n3c(C)c[nH]c3=O)c2)no1. The molecule has 0 saturated carbocycles. The zero-order chi connectivity index (χ0) is 17.4. The van der Waals surface area contributed by atoms with Crippen molar-refractivity contribution in [1.29, 1.82) is 0 Å². The van der Waals surface area contributed by atoms with Crippen molar-refractivity contribution in [3.63, 3.8) is 0 Å². The van der Waals surface area contributed by atoms with Gasteiger partial charge in [0.05, 0.1) is 11.3 Å². The monoisotopic (exact) mass is 333 g/mol. The third-order valence-corrected chi connectivity index (χ3v) is 3.99. The van der Waals surface area contributed by atoms with E-state index in [-0.39, 0.29) is 5.69 Å². The highest BCUT2D eigenvalue weighted by Gasteiger charge is 2.14. The summed E-state index contributed by atoms with van der Waals surface area (Å²) in [6.07, 6.45) is 3.39. The maximum Gasteiger partial charge on any atom is 0.330 e. The standard InChI is InChI=1S/C18H15N5O2/c1-11-10-20-18(24)23(11)14-6-3-5-13(9-14)16-21-17(25-22-16)15-7-4-8-19-12(15)2/h3-10H,1-2H3,(H,20,24).